The number of aromatic nitrogens is 2. The monoisotopic (exact) mass is 391 g/mol. The van der Waals surface area contributed by atoms with Crippen molar-refractivity contribution < 1.29 is 23.6 Å². The molecule has 0 spiro atoms. The predicted molar refractivity (Wildman–Crippen MR) is 102 cm³/mol. The van der Waals surface area contributed by atoms with Gasteiger partial charge in [0.05, 0.1) is 12.0 Å². The van der Waals surface area contributed by atoms with E-state index < -0.39 is 10.9 Å². The number of fused-ring (bicyclic) bond motifs is 1. The van der Waals surface area contributed by atoms with Crippen LogP contribution in [0.5, 0.6) is 11.5 Å². The molecule has 0 radical (unpaired) electrons. The standard InChI is InChI=1S/C20H13N3O6/c1-27-12-6-8-17(23(25)26)14(10-12)20(24)28-13-5-7-15-18(11-13)29-19(22-15)16-4-2-3-9-21-16/h2-11H,1H3. The fraction of sp³-hybridized carbons (Fsp3) is 0.0500. The first-order valence-corrected chi connectivity index (χ1v) is 8.42. The molecular weight excluding hydrogens is 378 g/mol. The molecule has 9 nitrogen and oxygen atoms in total. The number of methoxy groups -OCH3 is 1. The molecule has 0 aliphatic rings. The number of rotatable bonds is 5. The fourth-order valence-electron chi connectivity index (χ4n) is 2.69. The molecule has 0 aliphatic carbocycles. The van der Waals surface area contributed by atoms with E-state index in [-0.39, 0.29) is 17.0 Å². The number of hydrogen-bond donors (Lipinski definition) is 0. The van der Waals surface area contributed by atoms with Crippen molar-refractivity contribution in [1.29, 1.82) is 0 Å². The first kappa shape index (κ1) is 18.1. The molecule has 0 bridgehead atoms. The molecule has 0 saturated heterocycles. The zero-order chi connectivity index (χ0) is 20.4. The van der Waals surface area contributed by atoms with Gasteiger partial charge in [-0.2, -0.15) is 0 Å². The Morgan fingerprint density at radius 2 is 1.93 bits per heavy atom. The number of carbonyl (C=O) groups is 1. The number of hydrogen-bond acceptors (Lipinski definition) is 8. The van der Waals surface area contributed by atoms with Crippen molar-refractivity contribution in [3.63, 3.8) is 0 Å². The molecule has 0 fully saturated rings. The highest BCUT2D eigenvalue weighted by atomic mass is 16.6. The molecule has 0 N–H and O–H groups in total. The second-order valence-corrected chi connectivity index (χ2v) is 5.89. The summed E-state index contributed by atoms with van der Waals surface area (Å²) in [5.74, 6) is -0.108. The molecule has 0 atom stereocenters. The molecule has 2 heterocycles. The molecule has 2 aromatic heterocycles. The van der Waals surface area contributed by atoms with Crippen LogP contribution in [0.25, 0.3) is 22.7 Å². The zero-order valence-electron chi connectivity index (χ0n) is 15.1. The van der Waals surface area contributed by atoms with Gasteiger partial charge in [-0.3, -0.25) is 15.1 Å². The lowest BCUT2D eigenvalue weighted by Gasteiger charge is -2.06. The van der Waals surface area contributed by atoms with Crippen LogP contribution in [0.4, 0.5) is 5.69 Å². The topological polar surface area (TPSA) is 118 Å². The van der Waals surface area contributed by atoms with Crippen molar-refractivity contribution >= 4 is 22.8 Å². The third kappa shape index (κ3) is 3.61. The van der Waals surface area contributed by atoms with E-state index in [1.807, 2.05) is 6.07 Å². The minimum absolute atomic E-state index is 0.156. The van der Waals surface area contributed by atoms with Gasteiger partial charge < -0.3 is 13.9 Å². The predicted octanol–water partition coefficient (Wildman–Crippen LogP) is 4.03. The summed E-state index contributed by atoms with van der Waals surface area (Å²) in [6.07, 6.45) is 1.62. The number of nitrogens with zero attached hydrogens (tertiary/aromatic N) is 3. The Morgan fingerprint density at radius 3 is 2.66 bits per heavy atom. The van der Waals surface area contributed by atoms with Crippen molar-refractivity contribution in [3.05, 3.63) is 76.5 Å². The van der Waals surface area contributed by atoms with Gasteiger partial charge in [0.15, 0.2) is 5.58 Å². The highest BCUT2D eigenvalue weighted by molar-refractivity contribution is 5.96. The number of nitro groups is 1. The van der Waals surface area contributed by atoms with E-state index in [1.165, 1.54) is 37.4 Å². The second-order valence-electron chi connectivity index (χ2n) is 5.89. The fourth-order valence-corrected chi connectivity index (χ4v) is 2.69. The Morgan fingerprint density at radius 1 is 1.10 bits per heavy atom. The van der Waals surface area contributed by atoms with Gasteiger partial charge in [-0.15, -0.1) is 0 Å². The van der Waals surface area contributed by atoms with Crippen LogP contribution < -0.4 is 9.47 Å². The van der Waals surface area contributed by atoms with Crippen molar-refractivity contribution in [2.24, 2.45) is 0 Å². The average molecular weight is 391 g/mol. The Kier molecular flexibility index (Phi) is 4.62. The van der Waals surface area contributed by atoms with E-state index in [2.05, 4.69) is 9.97 Å². The summed E-state index contributed by atoms with van der Waals surface area (Å²) >= 11 is 0. The first-order chi connectivity index (χ1) is 14.0. The van der Waals surface area contributed by atoms with Crippen LogP contribution in [0, 0.1) is 10.1 Å². The lowest BCUT2D eigenvalue weighted by atomic mass is 10.1. The number of esters is 1. The molecule has 0 saturated carbocycles. The smallest absolute Gasteiger partial charge is 0.350 e. The maximum absolute atomic E-state index is 12.5. The van der Waals surface area contributed by atoms with Gasteiger partial charge >= 0.3 is 5.97 Å². The van der Waals surface area contributed by atoms with Crippen LogP contribution >= 0.6 is 0 Å². The van der Waals surface area contributed by atoms with Gasteiger partial charge in [0, 0.05) is 24.4 Å². The maximum atomic E-state index is 12.5. The van der Waals surface area contributed by atoms with Gasteiger partial charge in [0.25, 0.3) is 5.69 Å². The molecular formula is C20H13N3O6. The minimum Gasteiger partial charge on any atom is -0.497 e. The number of pyridine rings is 1. The van der Waals surface area contributed by atoms with Crippen LogP contribution in [0.2, 0.25) is 0 Å². The molecule has 0 amide bonds. The summed E-state index contributed by atoms with van der Waals surface area (Å²) < 4.78 is 16.0. The summed E-state index contributed by atoms with van der Waals surface area (Å²) in [7, 11) is 1.40. The Bertz CT molecular complexity index is 1220. The van der Waals surface area contributed by atoms with Gasteiger partial charge in [0.1, 0.15) is 28.3 Å². The average Bonchev–Trinajstić information content (AvgIpc) is 3.17. The Hall–Kier alpha value is -4.27. The van der Waals surface area contributed by atoms with E-state index in [0.717, 1.165) is 0 Å². The molecule has 0 unspecified atom stereocenters. The third-order valence-electron chi connectivity index (χ3n) is 4.07. The number of nitro benzene ring substituents is 1. The van der Waals surface area contributed by atoms with E-state index in [9.17, 15) is 14.9 Å². The first-order valence-electron chi connectivity index (χ1n) is 8.42. The number of benzene rings is 2. The summed E-state index contributed by atoms with van der Waals surface area (Å²) in [5, 5.41) is 11.2. The number of carbonyl (C=O) groups excluding carboxylic acids is 1. The van der Waals surface area contributed by atoms with Gasteiger partial charge in [0.2, 0.25) is 5.89 Å². The lowest BCUT2D eigenvalue weighted by Crippen LogP contribution is -2.11. The largest absolute Gasteiger partial charge is 0.497 e. The summed E-state index contributed by atoms with van der Waals surface area (Å²) in [6, 6.07) is 13.8. The summed E-state index contributed by atoms with van der Waals surface area (Å²) in [6.45, 7) is 0. The zero-order valence-corrected chi connectivity index (χ0v) is 15.1. The molecule has 0 aliphatic heterocycles. The van der Waals surface area contributed by atoms with Crippen LogP contribution in [0.1, 0.15) is 10.4 Å². The molecule has 29 heavy (non-hydrogen) atoms. The van der Waals surface area contributed by atoms with Gasteiger partial charge in [-0.25, -0.2) is 9.78 Å². The van der Waals surface area contributed by atoms with Crippen LogP contribution in [0.15, 0.2) is 65.2 Å². The molecule has 9 heteroatoms. The summed E-state index contributed by atoms with van der Waals surface area (Å²) in [5.41, 5.74) is 0.901. The van der Waals surface area contributed by atoms with Gasteiger partial charge in [-0.05, 0) is 30.3 Å². The van der Waals surface area contributed by atoms with Crippen molar-refractivity contribution in [1.82, 2.24) is 9.97 Å². The van der Waals surface area contributed by atoms with Gasteiger partial charge in [-0.1, -0.05) is 6.07 Å². The third-order valence-corrected chi connectivity index (χ3v) is 4.07. The van der Waals surface area contributed by atoms with Crippen molar-refractivity contribution in [2.45, 2.75) is 0 Å². The van der Waals surface area contributed by atoms with Crippen molar-refractivity contribution in [3.8, 4) is 23.1 Å². The minimum atomic E-state index is -0.889. The van der Waals surface area contributed by atoms with E-state index in [1.54, 1.807) is 24.4 Å². The highest BCUT2D eigenvalue weighted by Gasteiger charge is 2.23. The Labute approximate surface area is 163 Å². The second kappa shape index (κ2) is 7.39. The molecule has 144 valence electrons. The van der Waals surface area contributed by atoms with E-state index >= 15 is 0 Å². The molecule has 4 aromatic rings. The number of oxazole rings is 1. The molecule has 2 aromatic carbocycles. The van der Waals surface area contributed by atoms with Crippen LogP contribution in [-0.2, 0) is 0 Å². The Balaban J connectivity index is 1.64. The van der Waals surface area contributed by atoms with Crippen molar-refractivity contribution in [2.75, 3.05) is 7.11 Å². The van der Waals surface area contributed by atoms with Crippen LogP contribution in [-0.4, -0.2) is 28.0 Å². The lowest BCUT2D eigenvalue weighted by molar-refractivity contribution is -0.385. The SMILES string of the molecule is COc1ccc([N+](=O)[O-])c(C(=O)Oc2ccc3nc(-c4ccccn4)oc3c2)c1. The summed E-state index contributed by atoms with van der Waals surface area (Å²) in [4.78, 5) is 31.6. The quantitative estimate of drug-likeness (QED) is 0.217. The highest BCUT2D eigenvalue weighted by Crippen LogP contribution is 2.28. The van der Waals surface area contributed by atoms with E-state index in [4.69, 9.17) is 13.9 Å². The van der Waals surface area contributed by atoms with E-state index in [0.29, 0.717) is 28.4 Å². The maximum Gasteiger partial charge on any atom is 0.350 e. The number of ether oxygens (including phenoxy) is 2. The van der Waals surface area contributed by atoms with Crippen LogP contribution in [0.3, 0.4) is 0 Å². The normalized spacial score (nSPS) is 10.7. The molecule has 4 rings (SSSR count).